The van der Waals surface area contributed by atoms with E-state index in [1.807, 2.05) is 0 Å². The van der Waals surface area contributed by atoms with Crippen LogP contribution in [0.5, 0.6) is 0 Å². The topological polar surface area (TPSA) is 38.0 Å². The van der Waals surface area contributed by atoms with Gasteiger partial charge in [-0.15, -0.1) is 0 Å². The van der Waals surface area contributed by atoms with Crippen LogP contribution in [0.3, 0.4) is 0 Å². The lowest BCUT2D eigenvalue weighted by atomic mass is 9.70. The van der Waals surface area contributed by atoms with E-state index >= 15 is 0 Å². The van der Waals surface area contributed by atoms with Crippen LogP contribution in [0.15, 0.2) is 0 Å². The van der Waals surface area contributed by atoms with Crippen molar-refractivity contribution in [2.45, 2.75) is 39.2 Å². The average Bonchev–Trinajstić information content (AvgIpc) is 1.96. The Labute approximate surface area is 69.5 Å². The molecule has 0 heterocycles. The summed E-state index contributed by atoms with van der Waals surface area (Å²) in [7, 11) is 0. The van der Waals surface area contributed by atoms with Gasteiger partial charge in [-0.3, -0.25) is 0 Å². The molecule has 0 radical (unpaired) electrons. The second-order valence-corrected chi connectivity index (χ2v) is 4.18. The first-order chi connectivity index (χ1) is 5.16. The van der Waals surface area contributed by atoms with E-state index in [4.69, 9.17) is 5.73 Å². The van der Waals surface area contributed by atoms with Gasteiger partial charge in [-0.2, -0.15) is 0 Å². The predicted molar refractivity (Wildman–Crippen MR) is 48.5 cm³/mol. The van der Waals surface area contributed by atoms with E-state index in [1.54, 1.807) is 0 Å². The van der Waals surface area contributed by atoms with Crippen LogP contribution >= 0.6 is 0 Å². The number of rotatable bonds is 4. The lowest BCUT2D eigenvalue weighted by Gasteiger charge is -2.39. The summed E-state index contributed by atoms with van der Waals surface area (Å²) in [6, 6.07) is 0.479. The summed E-state index contributed by atoms with van der Waals surface area (Å²) in [6.07, 6.45) is 4.18. The standard InChI is InChI=1S/C9H20N2/c1-8(6-10)11-7-9(2)4-3-5-9/h8,11H,3-7,10H2,1-2H3. The maximum atomic E-state index is 5.50. The van der Waals surface area contributed by atoms with Crippen LogP contribution in [-0.4, -0.2) is 19.1 Å². The molecule has 0 bridgehead atoms. The van der Waals surface area contributed by atoms with E-state index in [0.717, 1.165) is 13.1 Å². The molecule has 1 aliphatic rings. The van der Waals surface area contributed by atoms with Crippen LogP contribution in [0, 0.1) is 5.41 Å². The predicted octanol–water partition coefficient (Wildman–Crippen LogP) is 1.11. The molecule has 2 heteroatoms. The van der Waals surface area contributed by atoms with Crippen LogP contribution in [0.2, 0.25) is 0 Å². The first-order valence-electron chi connectivity index (χ1n) is 4.60. The summed E-state index contributed by atoms with van der Waals surface area (Å²) in [4.78, 5) is 0. The summed E-state index contributed by atoms with van der Waals surface area (Å²) in [5.41, 5.74) is 6.09. The molecular weight excluding hydrogens is 136 g/mol. The Morgan fingerprint density at radius 2 is 2.18 bits per heavy atom. The lowest BCUT2D eigenvalue weighted by Crippen LogP contribution is -2.43. The molecule has 1 unspecified atom stereocenters. The van der Waals surface area contributed by atoms with Crippen LogP contribution < -0.4 is 11.1 Å². The first kappa shape index (κ1) is 9.01. The molecule has 1 aliphatic carbocycles. The van der Waals surface area contributed by atoms with E-state index < -0.39 is 0 Å². The molecule has 0 aromatic rings. The molecule has 1 rings (SSSR count). The molecule has 0 spiro atoms. The number of hydrogen-bond donors (Lipinski definition) is 2. The molecule has 1 saturated carbocycles. The van der Waals surface area contributed by atoms with Gasteiger partial charge >= 0.3 is 0 Å². The zero-order valence-corrected chi connectivity index (χ0v) is 7.69. The average molecular weight is 156 g/mol. The smallest absolute Gasteiger partial charge is 0.0162 e. The molecule has 0 aliphatic heterocycles. The highest BCUT2D eigenvalue weighted by Crippen LogP contribution is 2.39. The van der Waals surface area contributed by atoms with E-state index in [1.165, 1.54) is 19.3 Å². The Morgan fingerprint density at radius 1 is 1.55 bits per heavy atom. The number of nitrogens with one attached hydrogen (secondary N) is 1. The van der Waals surface area contributed by atoms with Gasteiger partial charge in [0, 0.05) is 19.1 Å². The van der Waals surface area contributed by atoms with Crippen molar-refractivity contribution in [2.24, 2.45) is 11.1 Å². The van der Waals surface area contributed by atoms with Gasteiger partial charge in [0.25, 0.3) is 0 Å². The van der Waals surface area contributed by atoms with Crippen molar-refractivity contribution in [3.05, 3.63) is 0 Å². The minimum Gasteiger partial charge on any atom is -0.329 e. The highest BCUT2D eigenvalue weighted by molar-refractivity contribution is 4.85. The van der Waals surface area contributed by atoms with Crippen molar-refractivity contribution in [3.63, 3.8) is 0 Å². The molecule has 3 N–H and O–H groups in total. The van der Waals surface area contributed by atoms with Crippen LogP contribution in [-0.2, 0) is 0 Å². The molecule has 2 nitrogen and oxygen atoms in total. The SMILES string of the molecule is CC(CN)NCC1(C)CCC1. The minimum atomic E-state index is 0.479. The highest BCUT2D eigenvalue weighted by Gasteiger charge is 2.31. The third-order valence-electron chi connectivity index (χ3n) is 2.79. The van der Waals surface area contributed by atoms with Gasteiger partial charge in [0.15, 0.2) is 0 Å². The van der Waals surface area contributed by atoms with Crippen molar-refractivity contribution in [2.75, 3.05) is 13.1 Å². The Morgan fingerprint density at radius 3 is 2.55 bits per heavy atom. The fraction of sp³-hybridized carbons (Fsp3) is 1.00. The minimum absolute atomic E-state index is 0.479. The van der Waals surface area contributed by atoms with E-state index in [9.17, 15) is 0 Å². The van der Waals surface area contributed by atoms with Crippen molar-refractivity contribution in [3.8, 4) is 0 Å². The number of nitrogens with two attached hydrogens (primary N) is 1. The van der Waals surface area contributed by atoms with Gasteiger partial charge in [-0.05, 0) is 25.2 Å². The summed E-state index contributed by atoms with van der Waals surface area (Å²) in [6.45, 7) is 6.39. The van der Waals surface area contributed by atoms with Crippen molar-refractivity contribution < 1.29 is 0 Å². The summed E-state index contributed by atoms with van der Waals surface area (Å²) < 4.78 is 0. The van der Waals surface area contributed by atoms with Gasteiger partial charge in [0.1, 0.15) is 0 Å². The second kappa shape index (κ2) is 3.55. The van der Waals surface area contributed by atoms with Crippen molar-refractivity contribution in [1.82, 2.24) is 5.32 Å². The maximum absolute atomic E-state index is 5.50. The van der Waals surface area contributed by atoms with Crippen molar-refractivity contribution >= 4 is 0 Å². The molecule has 11 heavy (non-hydrogen) atoms. The van der Waals surface area contributed by atoms with Gasteiger partial charge in [-0.1, -0.05) is 13.3 Å². The van der Waals surface area contributed by atoms with E-state index in [-0.39, 0.29) is 0 Å². The molecular formula is C9H20N2. The van der Waals surface area contributed by atoms with Gasteiger partial charge in [-0.25, -0.2) is 0 Å². The molecule has 0 aromatic carbocycles. The molecule has 0 aromatic heterocycles. The Hall–Kier alpha value is -0.0800. The second-order valence-electron chi connectivity index (χ2n) is 4.18. The third kappa shape index (κ3) is 2.46. The fourth-order valence-corrected chi connectivity index (χ4v) is 1.46. The van der Waals surface area contributed by atoms with E-state index in [2.05, 4.69) is 19.2 Å². The largest absolute Gasteiger partial charge is 0.329 e. The molecule has 0 amide bonds. The monoisotopic (exact) mass is 156 g/mol. The van der Waals surface area contributed by atoms with Crippen LogP contribution in [0.1, 0.15) is 33.1 Å². The Bertz CT molecular complexity index is 119. The number of hydrogen-bond acceptors (Lipinski definition) is 2. The van der Waals surface area contributed by atoms with Crippen molar-refractivity contribution in [1.29, 1.82) is 0 Å². The molecule has 0 saturated heterocycles. The van der Waals surface area contributed by atoms with Gasteiger partial charge in [0.2, 0.25) is 0 Å². The normalized spacial score (nSPS) is 24.3. The molecule has 1 fully saturated rings. The fourth-order valence-electron chi connectivity index (χ4n) is 1.46. The maximum Gasteiger partial charge on any atom is 0.0162 e. The van der Waals surface area contributed by atoms with Crippen LogP contribution in [0.4, 0.5) is 0 Å². The Balaban J connectivity index is 2.11. The van der Waals surface area contributed by atoms with Crippen LogP contribution in [0.25, 0.3) is 0 Å². The van der Waals surface area contributed by atoms with Gasteiger partial charge in [0.05, 0.1) is 0 Å². The molecule has 66 valence electrons. The quantitative estimate of drug-likeness (QED) is 0.640. The Kier molecular flexibility index (Phi) is 2.90. The van der Waals surface area contributed by atoms with E-state index in [0.29, 0.717) is 11.5 Å². The lowest BCUT2D eigenvalue weighted by molar-refractivity contribution is 0.152. The first-order valence-corrected chi connectivity index (χ1v) is 4.60. The highest BCUT2D eigenvalue weighted by atomic mass is 14.9. The van der Waals surface area contributed by atoms with Gasteiger partial charge < -0.3 is 11.1 Å². The zero-order valence-electron chi connectivity index (χ0n) is 7.69. The summed E-state index contributed by atoms with van der Waals surface area (Å²) in [5.74, 6) is 0. The zero-order chi connectivity index (χ0) is 8.32. The molecule has 1 atom stereocenters. The summed E-state index contributed by atoms with van der Waals surface area (Å²) >= 11 is 0. The third-order valence-corrected chi connectivity index (χ3v) is 2.79. The summed E-state index contributed by atoms with van der Waals surface area (Å²) in [5, 5.41) is 3.45.